The maximum atomic E-state index is 11.5. The van der Waals surface area contributed by atoms with Crippen LogP contribution in [-0.2, 0) is 16.3 Å². The Hall–Kier alpha value is -1.85. The van der Waals surface area contributed by atoms with E-state index < -0.39 is 9.84 Å². The maximum Gasteiger partial charge on any atom is 0.175 e. The molecule has 0 saturated carbocycles. The summed E-state index contributed by atoms with van der Waals surface area (Å²) in [7, 11) is -3.16. The Kier molecular flexibility index (Phi) is 3.47. The summed E-state index contributed by atoms with van der Waals surface area (Å²) < 4.78 is 28.7. The molecule has 0 spiro atoms. The lowest BCUT2D eigenvalue weighted by molar-refractivity contribution is 0.241. The normalized spacial score (nSPS) is 17.3. The van der Waals surface area contributed by atoms with Crippen molar-refractivity contribution in [1.82, 2.24) is 0 Å². The van der Waals surface area contributed by atoms with E-state index in [2.05, 4.69) is 6.07 Å². The molecule has 0 aliphatic carbocycles. The first kappa shape index (κ1) is 14.1. The molecule has 1 aliphatic heterocycles. The second-order valence-corrected chi connectivity index (χ2v) is 7.31. The molecule has 2 aromatic rings. The molecule has 0 aromatic heterocycles. The van der Waals surface area contributed by atoms with Crippen LogP contribution < -0.4 is 10.5 Å². The van der Waals surface area contributed by atoms with Gasteiger partial charge in [-0.2, -0.15) is 0 Å². The van der Waals surface area contributed by atoms with E-state index in [-0.39, 0.29) is 6.10 Å². The second kappa shape index (κ2) is 5.16. The molecule has 0 radical (unpaired) electrons. The molecule has 4 nitrogen and oxygen atoms in total. The van der Waals surface area contributed by atoms with Gasteiger partial charge < -0.3 is 10.5 Å². The first-order valence-electron chi connectivity index (χ1n) is 6.77. The van der Waals surface area contributed by atoms with Crippen LogP contribution in [-0.4, -0.2) is 27.3 Å². The van der Waals surface area contributed by atoms with Gasteiger partial charge in [-0.15, -0.1) is 0 Å². The van der Waals surface area contributed by atoms with Gasteiger partial charge in [0.25, 0.3) is 0 Å². The molecular formula is C16H17NO3S. The molecule has 1 unspecified atom stereocenters. The van der Waals surface area contributed by atoms with Crippen molar-refractivity contribution in [3.8, 4) is 16.9 Å². The van der Waals surface area contributed by atoms with Gasteiger partial charge in [0.1, 0.15) is 11.9 Å². The van der Waals surface area contributed by atoms with Crippen LogP contribution >= 0.6 is 0 Å². The largest absolute Gasteiger partial charge is 0.488 e. The van der Waals surface area contributed by atoms with E-state index >= 15 is 0 Å². The molecule has 1 atom stereocenters. The Morgan fingerprint density at radius 1 is 1.14 bits per heavy atom. The third kappa shape index (κ3) is 2.80. The highest BCUT2D eigenvalue weighted by Gasteiger charge is 2.21. The fourth-order valence-corrected chi connectivity index (χ4v) is 3.16. The van der Waals surface area contributed by atoms with Crippen LogP contribution in [0, 0.1) is 0 Å². The van der Waals surface area contributed by atoms with Crippen molar-refractivity contribution >= 4 is 9.84 Å². The number of hydrogen-bond acceptors (Lipinski definition) is 4. The number of nitrogens with two attached hydrogens (primary N) is 1. The van der Waals surface area contributed by atoms with Gasteiger partial charge in [-0.25, -0.2) is 8.42 Å². The molecule has 0 fully saturated rings. The van der Waals surface area contributed by atoms with Crippen molar-refractivity contribution in [3.63, 3.8) is 0 Å². The molecule has 2 N–H and O–H groups in total. The average Bonchev–Trinajstić information content (AvgIpc) is 2.88. The molecule has 3 rings (SSSR count). The van der Waals surface area contributed by atoms with E-state index in [1.807, 2.05) is 24.3 Å². The van der Waals surface area contributed by atoms with Gasteiger partial charge >= 0.3 is 0 Å². The highest BCUT2D eigenvalue weighted by molar-refractivity contribution is 7.90. The number of rotatable bonds is 3. The predicted molar refractivity (Wildman–Crippen MR) is 82.2 cm³/mol. The van der Waals surface area contributed by atoms with Gasteiger partial charge in [0, 0.05) is 19.2 Å². The zero-order valence-corrected chi connectivity index (χ0v) is 12.6. The average molecular weight is 303 g/mol. The van der Waals surface area contributed by atoms with Crippen LogP contribution in [0.15, 0.2) is 47.4 Å². The van der Waals surface area contributed by atoms with Gasteiger partial charge in [0.15, 0.2) is 9.84 Å². The Morgan fingerprint density at radius 2 is 1.81 bits per heavy atom. The number of fused-ring (bicyclic) bond motifs is 1. The van der Waals surface area contributed by atoms with Crippen LogP contribution in [0.3, 0.4) is 0 Å². The van der Waals surface area contributed by atoms with Crippen LogP contribution in [0.5, 0.6) is 5.75 Å². The molecular weight excluding hydrogens is 286 g/mol. The summed E-state index contributed by atoms with van der Waals surface area (Å²) >= 11 is 0. The van der Waals surface area contributed by atoms with E-state index in [4.69, 9.17) is 10.5 Å². The maximum absolute atomic E-state index is 11.5. The van der Waals surface area contributed by atoms with Crippen LogP contribution in [0.4, 0.5) is 0 Å². The minimum Gasteiger partial charge on any atom is -0.488 e. The second-order valence-electron chi connectivity index (χ2n) is 5.30. The van der Waals surface area contributed by atoms with E-state index in [0.29, 0.717) is 11.4 Å². The summed E-state index contributed by atoms with van der Waals surface area (Å²) in [5.74, 6) is 0.891. The lowest BCUT2D eigenvalue weighted by Crippen LogP contribution is -2.24. The molecule has 0 amide bonds. The van der Waals surface area contributed by atoms with Gasteiger partial charge in [-0.3, -0.25) is 0 Å². The van der Waals surface area contributed by atoms with E-state index in [1.54, 1.807) is 12.1 Å². The zero-order chi connectivity index (χ0) is 15.0. The minimum atomic E-state index is -3.16. The zero-order valence-electron chi connectivity index (χ0n) is 11.7. The summed E-state index contributed by atoms with van der Waals surface area (Å²) in [6.45, 7) is 0.507. The van der Waals surface area contributed by atoms with Gasteiger partial charge in [-0.1, -0.05) is 18.2 Å². The Balaban J connectivity index is 1.92. The van der Waals surface area contributed by atoms with Gasteiger partial charge in [0.2, 0.25) is 0 Å². The molecule has 110 valence electrons. The monoisotopic (exact) mass is 303 g/mol. The summed E-state index contributed by atoms with van der Waals surface area (Å²) in [5, 5.41) is 0. The minimum absolute atomic E-state index is 0.0582. The number of ether oxygens (including phenoxy) is 1. The summed E-state index contributed by atoms with van der Waals surface area (Å²) in [6, 6.07) is 12.9. The van der Waals surface area contributed by atoms with Crippen molar-refractivity contribution in [2.45, 2.75) is 17.4 Å². The molecule has 21 heavy (non-hydrogen) atoms. The first-order valence-corrected chi connectivity index (χ1v) is 8.66. The van der Waals surface area contributed by atoms with Crippen molar-refractivity contribution in [2.24, 2.45) is 5.73 Å². The Bertz CT molecular complexity index is 767. The molecule has 0 saturated heterocycles. The van der Waals surface area contributed by atoms with Crippen molar-refractivity contribution in [1.29, 1.82) is 0 Å². The lowest BCUT2D eigenvalue weighted by Gasteiger charge is -2.06. The number of benzene rings is 2. The molecule has 1 heterocycles. The van der Waals surface area contributed by atoms with Crippen molar-refractivity contribution in [2.75, 3.05) is 12.8 Å². The van der Waals surface area contributed by atoms with Crippen LogP contribution in [0.2, 0.25) is 0 Å². The lowest BCUT2D eigenvalue weighted by atomic mass is 10.0. The van der Waals surface area contributed by atoms with Gasteiger partial charge in [0.05, 0.1) is 4.90 Å². The standard InChI is InChI=1S/C16H17NO3S/c1-21(18,19)15-5-2-11(3-6-15)12-4-7-16-13(8-12)9-14(10-17)20-16/h2-8,14H,9-10,17H2,1H3. The Morgan fingerprint density at radius 3 is 2.43 bits per heavy atom. The van der Waals surface area contributed by atoms with Crippen molar-refractivity contribution in [3.05, 3.63) is 48.0 Å². The molecule has 5 heteroatoms. The smallest absolute Gasteiger partial charge is 0.175 e. The topological polar surface area (TPSA) is 69.4 Å². The van der Waals surface area contributed by atoms with Crippen LogP contribution in [0.1, 0.15) is 5.56 Å². The fourth-order valence-electron chi connectivity index (χ4n) is 2.53. The number of hydrogen-bond donors (Lipinski definition) is 1. The highest BCUT2D eigenvalue weighted by atomic mass is 32.2. The van der Waals surface area contributed by atoms with Crippen LogP contribution in [0.25, 0.3) is 11.1 Å². The predicted octanol–water partition coefficient (Wildman–Crippen LogP) is 2.02. The summed E-state index contributed by atoms with van der Waals surface area (Å²) in [6.07, 6.45) is 2.09. The van der Waals surface area contributed by atoms with E-state index in [0.717, 1.165) is 28.9 Å². The van der Waals surface area contributed by atoms with Gasteiger partial charge in [-0.05, 0) is 41.0 Å². The van der Waals surface area contributed by atoms with Crippen molar-refractivity contribution < 1.29 is 13.2 Å². The number of sulfone groups is 1. The highest BCUT2D eigenvalue weighted by Crippen LogP contribution is 2.33. The molecule has 1 aliphatic rings. The van der Waals surface area contributed by atoms with E-state index in [9.17, 15) is 8.42 Å². The quantitative estimate of drug-likeness (QED) is 0.942. The molecule has 2 aromatic carbocycles. The summed E-state index contributed by atoms with van der Waals surface area (Å²) in [5.41, 5.74) is 8.82. The van der Waals surface area contributed by atoms with E-state index in [1.165, 1.54) is 6.26 Å². The third-order valence-electron chi connectivity index (χ3n) is 3.68. The third-order valence-corrected chi connectivity index (χ3v) is 4.81. The fraction of sp³-hybridized carbons (Fsp3) is 0.250. The summed E-state index contributed by atoms with van der Waals surface area (Å²) in [4.78, 5) is 0.332. The SMILES string of the molecule is CS(=O)(=O)c1ccc(-c2ccc3c(c2)CC(CN)O3)cc1. The molecule has 0 bridgehead atoms. The first-order chi connectivity index (χ1) is 9.97. The Labute approximate surface area is 124 Å².